The van der Waals surface area contributed by atoms with Gasteiger partial charge in [0.2, 0.25) is 15.9 Å². The molecule has 1 heterocycles. The molecule has 0 bridgehead atoms. The van der Waals surface area contributed by atoms with Gasteiger partial charge in [-0.05, 0) is 57.1 Å². The Morgan fingerprint density at radius 1 is 1.15 bits per heavy atom. The summed E-state index contributed by atoms with van der Waals surface area (Å²) in [6, 6.07) is 7.75. The molecule has 0 radical (unpaired) electrons. The molecule has 0 saturated carbocycles. The van der Waals surface area contributed by atoms with E-state index in [1.165, 1.54) is 17.1 Å². The van der Waals surface area contributed by atoms with Crippen LogP contribution in [0.15, 0.2) is 24.3 Å². The number of carbonyl (C=O) groups excluding carboxylic acids is 1. The van der Waals surface area contributed by atoms with Crippen molar-refractivity contribution in [2.24, 2.45) is 5.92 Å². The Morgan fingerprint density at radius 2 is 1.74 bits per heavy atom. The second-order valence-electron chi connectivity index (χ2n) is 7.66. The molecule has 0 atom stereocenters. The monoisotopic (exact) mass is 396 g/mol. The maximum atomic E-state index is 12.3. The van der Waals surface area contributed by atoms with E-state index in [0.717, 1.165) is 31.0 Å². The molecule has 0 aliphatic carbocycles. The van der Waals surface area contributed by atoms with Crippen LogP contribution in [0.5, 0.6) is 0 Å². The van der Waals surface area contributed by atoms with E-state index in [4.69, 9.17) is 0 Å². The number of carbonyl (C=O) groups is 1. The topological polar surface area (TPSA) is 73.0 Å². The summed E-state index contributed by atoms with van der Waals surface area (Å²) >= 11 is 0. The van der Waals surface area contributed by atoms with Crippen LogP contribution in [-0.4, -0.2) is 76.6 Å². The lowest BCUT2D eigenvalue weighted by Gasteiger charge is -2.32. The molecule has 1 saturated heterocycles. The lowest BCUT2D eigenvalue weighted by molar-refractivity contribution is -0.116. The Balaban J connectivity index is 1.92. The van der Waals surface area contributed by atoms with E-state index in [2.05, 4.69) is 17.1 Å². The van der Waals surface area contributed by atoms with E-state index in [0.29, 0.717) is 12.2 Å². The molecule has 0 spiro atoms. The fourth-order valence-electron chi connectivity index (χ4n) is 3.06. The summed E-state index contributed by atoms with van der Waals surface area (Å²) in [7, 11) is 0.298. The maximum absolute atomic E-state index is 12.3. The smallest absolute Gasteiger partial charge is 0.239 e. The number of hydrogen-bond donors (Lipinski definition) is 1. The summed E-state index contributed by atoms with van der Waals surface area (Å²) in [4.78, 5) is 16.5. The fraction of sp³-hybridized carbons (Fsp3) is 0.632. The molecule has 1 aromatic rings. The minimum Gasteiger partial charge on any atom is -0.372 e. The Kier molecular flexibility index (Phi) is 7.64. The number of hydrogen-bond acceptors (Lipinski definition) is 5. The Labute approximate surface area is 163 Å². The van der Waals surface area contributed by atoms with Gasteiger partial charge in [0, 0.05) is 37.6 Å². The minimum atomic E-state index is -3.43. The van der Waals surface area contributed by atoms with Crippen LogP contribution in [0.1, 0.15) is 19.8 Å². The van der Waals surface area contributed by atoms with Crippen LogP contribution in [-0.2, 0) is 14.8 Å². The van der Waals surface area contributed by atoms with Gasteiger partial charge in [-0.15, -0.1) is 0 Å². The van der Waals surface area contributed by atoms with E-state index < -0.39 is 10.0 Å². The number of nitrogens with zero attached hydrogens (tertiary/aromatic N) is 3. The van der Waals surface area contributed by atoms with Crippen LogP contribution in [0, 0.1) is 5.92 Å². The van der Waals surface area contributed by atoms with Gasteiger partial charge < -0.3 is 15.1 Å². The highest BCUT2D eigenvalue weighted by Gasteiger charge is 2.20. The van der Waals surface area contributed by atoms with Crippen LogP contribution < -0.4 is 10.2 Å². The number of anilines is 2. The highest BCUT2D eigenvalue weighted by molar-refractivity contribution is 7.88. The van der Waals surface area contributed by atoms with Crippen molar-refractivity contribution >= 4 is 27.3 Å². The first-order valence-corrected chi connectivity index (χ1v) is 11.2. The van der Waals surface area contributed by atoms with Crippen molar-refractivity contribution in [3.63, 3.8) is 0 Å². The lowest BCUT2D eigenvalue weighted by atomic mass is 9.99. The van der Waals surface area contributed by atoms with Gasteiger partial charge in [0.05, 0.1) is 12.8 Å². The number of nitrogens with one attached hydrogen (secondary N) is 1. The van der Waals surface area contributed by atoms with Crippen molar-refractivity contribution in [3.8, 4) is 0 Å². The maximum Gasteiger partial charge on any atom is 0.239 e. The third-order valence-electron chi connectivity index (χ3n) is 4.89. The summed E-state index contributed by atoms with van der Waals surface area (Å²) in [5, 5.41) is 2.79. The molecule has 0 unspecified atom stereocenters. The fourth-order valence-corrected chi connectivity index (χ4v) is 3.82. The predicted molar refractivity (Wildman–Crippen MR) is 111 cm³/mol. The summed E-state index contributed by atoms with van der Waals surface area (Å²) in [6.45, 7) is 5.06. The molecule has 1 aliphatic heterocycles. The molecular formula is C19H32N4O3S. The van der Waals surface area contributed by atoms with Crippen molar-refractivity contribution in [2.45, 2.75) is 19.8 Å². The summed E-state index contributed by atoms with van der Waals surface area (Å²) in [5.74, 6) is 0.448. The van der Waals surface area contributed by atoms with Crippen molar-refractivity contribution in [1.29, 1.82) is 0 Å². The second-order valence-corrected chi connectivity index (χ2v) is 9.65. The first-order chi connectivity index (χ1) is 12.6. The van der Waals surface area contributed by atoms with E-state index in [1.807, 2.05) is 43.3 Å². The molecule has 1 fully saturated rings. The summed E-state index contributed by atoms with van der Waals surface area (Å²) in [5.41, 5.74) is 1.83. The number of likely N-dealkylation sites (N-methyl/N-ethyl adjacent to an activating group) is 1. The van der Waals surface area contributed by atoms with Gasteiger partial charge in [0.1, 0.15) is 0 Å². The predicted octanol–water partition coefficient (Wildman–Crippen LogP) is 1.68. The normalized spacial score (nSPS) is 16.1. The van der Waals surface area contributed by atoms with E-state index in [1.54, 1.807) is 0 Å². The van der Waals surface area contributed by atoms with Gasteiger partial charge >= 0.3 is 0 Å². The van der Waals surface area contributed by atoms with Crippen LogP contribution in [0.25, 0.3) is 0 Å². The molecule has 8 heteroatoms. The Hall–Kier alpha value is -1.64. The average Bonchev–Trinajstić information content (AvgIpc) is 2.59. The van der Waals surface area contributed by atoms with Crippen molar-refractivity contribution in [3.05, 3.63) is 24.3 Å². The lowest BCUT2D eigenvalue weighted by Crippen LogP contribution is -2.41. The number of sulfonamides is 1. The molecule has 1 aliphatic rings. The van der Waals surface area contributed by atoms with Crippen LogP contribution in [0.3, 0.4) is 0 Å². The third-order valence-corrected chi connectivity index (χ3v) is 6.14. The van der Waals surface area contributed by atoms with Gasteiger partial charge in [-0.25, -0.2) is 8.42 Å². The molecule has 0 aromatic heterocycles. The van der Waals surface area contributed by atoms with Gasteiger partial charge in [0.25, 0.3) is 0 Å². The van der Waals surface area contributed by atoms with Crippen molar-refractivity contribution < 1.29 is 13.2 Å². The number of rotatable bonds is 8. The molecule has 7 nitrogen and oxygen atoms in total. The Morgan fingerprint density at radius 3 is 2.26 bits per heavy atom. The average molecular weight is 397 g/mol. The quantitative estimate of drug-likeness (QED) is 0.724. The standard InChI is InChI=1S/C19H32N4O3S/c1-16-9-11-22(12-10-16)18-7-5-17(6-8-18)20-19(24)15-23(27(4,25)26)14-13-21(2)3/h5-8,16H,9-15H2,1-4H3,(H,20,24). The molecule has 1 amide bonds. The first kappa shape index (κ1) is 21.7. The zero-order valence-corrected chi connectivity index (χ0v) is 17.6. The van der Waals surface area contributed by atoms with Gasteiger partial charge in [-0.3, -0.25) is 4.79 Å². The molecular weight excluding hydrogens is 364 g/mol. The van der Waals surface area contributed by atoms with Gasteiger partial charge in [-0.2, -0.15) is 4.31 Å². The second kappa shape index (κ2) is 9.52. The highest BCUT2D eigenvalue weighted by Crippen LogP contribution is 2.24. The molecule has 2 rings (SSSR count). The number of benzene rings is 1. The zero-order chi connectivity index (χ0) is 20.0. The third kappa shape index (κ3) is 7.12. The van der Waals surface area contributed by atoms with E-state index in [9.17, 15) is 13.2 Å². The van der Waals surface area contributed by atoms with E-state index in [-0.39, 0.29) is 19.0 Å². The number of amides is 1. The van der Waals surface area contributed by atoms with Crippen molar-refractivity contribution in [1.82, 2.24) is 9.21 Å². The molecule has 152 valence electrons. The largest absolute Gasteiger partial charge is 0.372 e. The van der Waals surface area contributed by atoms with E-state index >= 15 is 0 Å². The van der Waals surface area contributed by atoms with Gasteiger partial charge in [-0.1, -0.05) is 6.92 Å². The summed E-state index contributed by atoms with van der Waals surface area (Å²) < 4.78 is 25.0. The highest BCUT2D eigenvalue weighted by atomic mass is 32.2. The molecule has 1 aromatic carbocycles. The zero-order valence-electron chi connectivity index (χ0n) is 16.8. The number of piperidine rings is 1. The van der Waals surface area contributed by atoms with Crippen LogP contribution in [0.2, 0.25) is 0 Å². The first-order valence-electron chi connectivity index (χ1n) is 9.40. The van der Waals surface area contributed by atoms with Crippen LogP contribution >= 0.6 is 0 Å². The van der Waals surface area contributed by atoms with Gasteiger partial charge in [0.15, 0.2) is 0 Å². The molecule has 1 N–H and O–H groups in total. The Bertz CT molecular complexity index is 711. The molecule has 27 heavy (non-hydrogen) atoms. The summed E-state index contributed by atoms with van der Waals surface area (Å²) in [6.07, 6.45) is 3.53. The van der Waals surface area contributed by atoms with Crippen LogP contribution in [0.4, 0.5) is 11.4 Å². The SMILES string of the molecule is CC1CCN(c2ccc(NC(=O)CN(CCN(C)C)S(C)(=O)=O)cc2)CC1. The van der Waals surface area contributed by atoms with Crippen molar-refractivity contribution in [2.75, 3.05) is 63.3 Å². The minimum absolute atomic E-state index is 0.182.